The zero-order chi connectivity index (χ0) is 13.8. The summed E-state index contributed by atoms with van der Waals surface area (Å²) in [6, 6.07) is 1.54. The van der Waals surface area contributed by atoms with Gasteiger partial charge in [0.05, 0.1) is 11.8 Å². The number of furan rings is 1. The molecular weight excluding hydrogens is 302 g/mol. The van der Waals surface area contributed by atoms with E-state index in [4.69, 9.17) is 15.4 Å². The van der Waals surface area contributed by atoms with E-state index in [1.54, 1.807) is 6.07 Å². The minimum atomic E-state index is -0.859. The van der Waals surface area contributed by atoms with Crippen molar-refractivity contribution in [1.29, 1.82) is 0 Å². The van der Waals surface area contributed by atoms with Crippen molar-refractivity contribution in [3.8, 4) is 0 Å². The molecule has 1 heterocycles. The third-order valence-corrected chi connectivity index (χ3v) is 3.63. The maximum absolute atomic E-state index is 12.1. The van der Waals surface area contributed by atoms with Gasteiger partial charge in [-0.2, -0.15) is 0 Å². The van der Waals surface area contributed by atoms with Gasteiger partial charge in [-0.1, -0.05) is 19.0 Å². The number of nitrogens with two attached hydrogens (primary N) is 1. The molecule has 6 nitrogen and oxygen atoms in total. The first-order valence-electron chi connectivity index (χ1n) is 5.54. The Bertz CT molecular complexity index is 452. The fourth-order valence-corrected chi connectivity index (χ4v) is 2.11. The number of nitrogens with zero attached hydrogens (tertiary/aromatic N) is 1. The molecule has 0 aromatic carbocycles. The van der Waals surface area contributed by atoms with Crippen LogP contribution in [0.4, 0.5) is 0 Å². The molecule has 0 spiro atoms. The van der Waals surface area contributed by atoms with Crippen molar-refractivity contribution >= 4 is 27.7 Å². The van der Waals surface area contributed by atoms with Crippen LogP contribution in [-0.2, 0) is 0 Å². The first-order chi connectivity index (χ1) is 8.50. The molecule has 1 amide bonds. The summed E-state index contributed by atoms with van der Waals surface area (Å²) in [5.74, 6) is -0.355. The van der Waals surface area contributed by atoms with Crippen molar-refractivity contribution in [3.05, 3.63) is 22.6 Å². The summed E-state index contributed by atoms with van der Waals surface area (Å²) in [4.78, 5) is 12.1. The van der Waals surface area contributed by atoms with Gasteiger partial charge in [0.25, 0.3) is 5.91 Å². The van der Waals surface area contributed by atoms with Crippen LogP contribution in [0.1, 0.15) is 37.0 Å². The second-order valence-electron chi connectivity index (χ2n) is 3.84. The van der Waals surface area contributed by atoms with Gasteiger partial charge >= 0.3 is 0 Å². The maximum atomic E-state index is 12.1. The minimum Gasteiger partial charge on any atom is -0.457 e. The molecule has 0 radical (unpaired) electrons. The average Bonchev–Trinajstić information content (AvgIpc) is 2.81. The lowest BCUT2D eigenvalue weighted by Gasteiger charge is -2.31. The number of rotatable bonds is 5. The fourth-order valence-electron chi connectivity index (χ4n) is 1.69. The topological polar surface area (TPSA) is 101 Å². The first kappa shape index (κ1) is 14.6. The van der Waals surface area contributed by atoms with Gasteiger partial charge in [-0.25, -0.2) is 0 Å². The zero-order valence-corrected chi connectivity index (χ0v) is 11.8. The highest BCUT2D eigenvalue weighted by atomic mass is 79.9. The first-order valence-corrected chi connectivity index (χ1v) is 6.33. The third kappa shape index (κ3) is 2.66. The fraction of sp³-hybridized carbons (Fsp3) is 0.455. The van der Waals surface area contributed by atoms with Crippen LogP contribution in [-0.4, -0.2) is 22.5 Å². The van der Waals surface area contributed by atoms with E-state index in [0.29, 0.717) is 23.1 Å². The van der Waals surface area contributed by atoms with Crippen LogP contribution in [0.15, 0.2) is 26.6 Å². The Morgan fingerprint density at radius 1 is 1.61 bits per heavy atom. The summed E-state index contributed by atoms with van der Waals surface area (Å²) >= 11 is 3.13. The Kier molecular flexibility index (Phi) is 4.77. The number of amidine groups is 1. The maximum Gasteiger partial charge on any atom is 0.256 e. The van der Waals surface area contributed by atoms with Crippen LogP contribution in [0.25, 0.3) is 0 Å². The van der Waals surface area contributed by atoms with Crippen LogP contribution in [0.3, 0.4) is 0 Å². The molecule has 0 aliphatic carbocycles. The predicted molar refractivity (Wildman–Crippen MR) is 70.6 cm³/mol. The second-order valence-corrected chi connectivity index (χ2v) is 4.56. The molecule has 4 N–H and O–H groups in total. The number of carbonyl (C=O) groups excluding carboxylic acids is 1. The zero-order valence-electron chi connectivity index (χ0n) is 10.2. The lowest BCUT2D eigenvalue weighted by molar-refractivity contribution is 0.0916. The van der Waals surface area contributed by atoms with Crippen molar-refractivity contribution in [1.82, 2.24) is 5.32 Å². The van der Waals surface area contributed by atoms with Gasteiger partial charge in [0.1, 0.15) is 5.54 Å². The number of halogens is 1. The van der Waals surface area contributed by atoms with Gasteiger partial charge in [-0.05, 0) is 34.8 Å². The van der Waals surface area contributed by atoms with Crippen LogP contribution >= 0.6 is 15.9 Å². The van der Waals surface area contributed by atoms with Crippen molar-refractivity contribution in [2.24, 2.45) is 10.9 Å². The number of hydrogen-bond acceptors (Lipinski definition) is 4. The van der Waals surface area contributed by atoms with Crippen LogP contribution in [0.5, 0.6) is 0 Å². The molecule has 1 aromatic heterocycles. The molecule has 7 heteroatoms. The Balaban J connectivity index is 2.99. The molecule has 0 bridgehead atoms. The highest BCUT2D eigenvalue weighted by molar-refractivity contribution is 9.10. The summed E-state index contributed by atoms with van der Waals surface area (Å²) in [5, 5.41) is 14.6. The van der Waals surface area contributed by atoms with Crippen LogP contribution < -0.4 is 11.1 Å². The van der Waals surface area contributed by atoms with Gasteiger partial charge in [0, 0.05) is 0 Å². The lowest BCUT2D eigenvalue weighted by atomic mass is 9.91. The molecule has 0 fully saturated rings. The van der Waals surface area contributed by atoms with E-state index in [2.05, 4.69) is 26.4 Å². The standard InChI is InChI=1S/C11H16BrN3O3/c1-3-11(4-2,10(13)15-17)14-9(16)7-5-6-18-8(7)12/h5-6,17H,3-4H2,1-2H3,(H2,13,15)(H,14,16). The largest absolute Gasteiger partial charge is 0.457 e. The molecule has 0 atom stereocenters. The highest BCUT2D eigenvalue weighted by Crippen LogP contribution is 2.21. The normalized spacial score (nSPS) is 12.5. The number of hydrogen-bond donors (Lipinski definition) is 3. The Labute approximate surface area is 113 Å². The van der Waals surface area contributed by atoms with Crippen molar-refractivity contribution in [2.45, 2.75) is 32.2 Å². The summed E-state index contributed by atoms with van der Waals surface area (Å²) in [6.07, 6.45) is 2.43. The predicted octanol–water partition coefficient (Wildman–Crippen LogP) is 2.08. The van der Waals surface area contributed by atoms with E-state index in [0.717, 1.165) is 0 Å². The molecule has 1 aromatic rings. The van der Waals surface area contributed by atoms with Gasteiger partial charge in [-0.15, -0.1) is 0 Å². The van der Waals surface area contributed by atoms with E-state index < -0.39 is 5.54 Å². The van der Waals surface area contributed by atoms with Crippen molar-refractivity contribution in [2.75, 3.05) is 0 Å². The Morgan fingerprint density at radius 2 is 2.22 bits per heavy atom. The van der Waals surface area contributed by atoms with Crippen molar-refractivity contribution in [3.63, 3.8) is 0 Å². The van der Waals surface area contributed by atoms with E-state index in [9.17, 15) is 4.79 Å². The van der Waals surface area contributed by atoms with Gasteiger partial charge in [0.15, 0.2) is 10.5 Å². The van der Waals surface area contributed by atoms with Crippen LogP contribution in [0, 0.1) is 0 Å². The second kappa shape index (κ2) is 5.90. The summed E-state index contributed by atoms with van der Waals surface area (Å²) < 4.78 is 5.35. The minimum absolute atomic E-state index is 0.0135. The lowest BCUT2D eigenvalue weighted by Crippen LogP contribution is -2.56. The molecule has 0 saturated heterocycles. The molecule has 1 rings (SSSR count). The molecule has 18 heavy (non-hydrogen) atoms. The van der Waals surface area contributed by atoms with E-state index in [1.165, 1.54) is 6.26 Å². The third-order valence-electron chi connectivity index (χ3n) is 3.02. The number of carbonyl (C=O) groups is 1. The quantitative estimate of drug-likeness (QED) is 0.335. The van der Waals surface area contributed by atoms with Crippen LogP contribution in [0.2, 0.25) is 0 Å². The number of nitrogens with one attached hydrogen (secondary N) is 1. The van der Waals surface area contributed by atoms with Gasteiger partial charge < -0.3 is 20.7 Å². The monoisotopic (exact) mass is 317 g/mol. The van der Waals surface area contributed by atoms with Gasteiger partial charge in [-0.3, -0.25) is 4.79 Å². The van der Waals surface area contributed by atoms with E-state index in [-0.39, 0.29) is 11.7 Å². The molecule has 0 aliphatic rings. The average molecular weight is 318 g/mol. The smallest absolute Gasteiger partial charge is 0.256 e. The summed E-state index contributed by atoms with van der Waals surface area (Å²) in [6.45, 7) is 3.71. The Morgan fingerprint density at radius 3 is 2.61 bits per heavy atom. The molecule has 0 saturated carbocycles. The molecule has 0 aliphatic heterocycles. The molecule has 0 unspecified atom stereocenters. The van der Waals surface area contributed by atoms with E-state index >= 15 is 0 Å². The van der Waals surface area contributed by atoms with E-state index in [1.807, 2.05) is 13.8 Å². The molecule has 100 valence electrons. The Hall–Kier alpha value is -1.50. The SMILES string of the molecule is CCC(CC)(NC(=O)c1ccoc1Br)/C(N)=N/O. The highest BCUT2D eigenvalue weighted by Gasteiger charge is 2.34. The van der Waals surface area contributed by atoms with Gasteiger partial charge in [0.2, 0.25) is 0 Å². The number of amides is 1. The summed E-state index contributed by atoms with van der Waals surface area (Å²) in [5.41, 5.74) is 5.17. The van der Waals surface area contributed by atoms with Crippen molar-refractivity contribution < 1.29 is 14.4 Å². The molecular formula is C11H16BrN3O3. The number of oxime groups is 1. The summed E-state index contributed by atoms with van der Waals surface area (Å²) in [7, 11) is 0.